The summed E-state index contributed by atoms with van der Waals surface area (Å²) in [4.78, 5) is 28.8. The van der Waals surface area contributed by atoms with Crippen molar-refractivity contribution in [3.05, 3.63) is 65.9 Å². The zero-order valence-electron chi connectivity index (χ0n) is 22.8. The van der Waals surface area contributed by atoms with Gasteiger partial charge in [-0.2, -0.15) is 5.10 Å². The number of hydrogen-bond donors (Lipinski definition) is 1. The highest BCUT2D eigenvalue weighted by Gasteiger charge is 2.29. The standard InChI is InChI=1S/C30H38N4O4/c1-21(2)20-34-25(28-26(37-3)13-10-14-27(28)38-4)19-24(32-34)29(35)31-23(30(36)33-17-8-9-18-33)16-15-22-11-6-5-7-12-22/h5-7,10-14,19,21,23H,8-9,15-18,20H2,1-4H3,(H,31,35). The maximum Gasteiger partial charge on any atom is 0.272 e. The Morgan fingerprint density at radius 1 is 0.974 bits per heavy atom. The Morgan fingerprint density at radius 3 is 2.24 bits per heavy atom. The third-order valence-corrected chi connectivity index (χ3v) is 6.82. The lowest BCUT2D eigenvalue weighted by atomic mass is 10.0. The first-order valence-corrected chi connectivity index (χ1v) is 13.3. The van der Waals surface area contributed by atoms with E-state index in [-0.39, 0.29) is 17.5 Å². The summed E-state index contributed by atoms with van der Waals surface area (Å²) in [6.07, 6.45) is 3.20. The van der Waals surface area contributed by atoms with E-state index in [4.69, 9.17) is 9.47 Å². The summed E-state index contributed by atoms with van der Waals surface area (Å²) in [5, 5.41) is 7.69. The van der Waals surface area contributed by atoms with E-state index in [0.29, 0.717) is 36.8 Å². The Bertz CT molecular complexity index is 1210. The maximum atomic E-state index is 13.6. The molecular formula is C30H38N4O4. The van der Waals surface area contributed by atoms with E-state index < -0.39 is 6.04 Å². The fourth-order valence-corrected chi connectivity index (χ4v) is 4.92. The number of nitrogens with one attached hydrogen (secondary N) is 1. The van der Waals surface area contributed by atoms with E-state index in [1.165, 1.54) is 0 Å². The summed E-state index contributed by atoms with van der Waals surface area (Å²) in [7, 11) is 3.21. The van der Waals surface area contributed by atoms with Gasteiger partial charge in [-0.3, -0.25) is 14.3 Å². The molecule has 0 saturated carbocycles. The van der Waals surface area contributed by atoms with Crippen LogP contribution in [0, 0.1) is 5.92 Å². The molecule has 1 aliphatic heterocycles. The van der Waals surface area contributed by atoms with Crippen LogP contribution in [0.25, 0.3) is 11.3 Å². The molecule has 0 bridgehead atoms. The number of likely N-dealkylation sites (tertiary alicyclic amines) is 1. The summed E-state index contributed by atoms with van der Waals surface area (Å²) in [5.74, 6) is 1.16. The normalized spacial score (nSPS) is 14.0. The van der Waals surface area contributed by atoms with Gasteiger partial charge in [-0.1, -0.05) is 50.2 Å². The molecule has 2 amide bonds. The highest BCUT2D eigenvalue weighted by molar-refractivity contribution is 5.97. The van der Waals surface area contributed by atoms with Crippen LogP contribution in [0.5, 0.6) is 11.5 Å². The second-order valence-corrected chi connectivity index (χ2v) is 10.1. The molecule has 1 N–H and O–H groups in total. The summed E-state index contributed by atoms with van der Waals surface area (Å²) < 4.78 is 13.1. The number of amides is 2. The van der Waals surface area contributed by atoms with E-state index >= 15 is 0 Å². The number of methoxy groups -OCH3 is 2. The topological polar surface area (TPSA) is 85.7 Å². The number of carbonyl (C=O) groups is 2. The molecule has 202 valence electrons. The average Bonchev–Trinajstić information content (AvgIpc) is 3.61. The monoisotopic (exact) mass is 518 g/mol. The maximum absolute atomic E-state index is 13.6. The molecule has 0 aliphatic carbocycles. The third kappa shape index (κ3) is 6.36. The predicted molar refractivity (Wildman–Crippen MR) is 147 cm³/mol. The van der Waals surface area contributed by atoms with Crippen molar-refractivity contribution in [3.8, 4) is 22.8 Å². The summed E-state index contributed by atoms with van der Waals surface area (Å²) in [5.41, 5.74) is 2.85. The molecule has 0 spiro atoms. The van der Waals surface area contributed by atoms with Gasteiger partial charge >= 0.3 is 0 Å². The average molecular weight is 519 g/mol. The van der Waals surface area contributed by atoms with Crippen LogP contribution in [0.2, 0.25) is 0 Å². The number of hydrogen-bond acceptors (Lipinski definition) is 5. The minimum Gasteiger partial charge on any atom is -0.496 e. The molecule has 3 aromatic rings. The second-order valence-electron chi connectivity index (χ2n) is 10.1. The highest BCUT2D eigenvalue weighted by atomic mass is 16.5. The Kier molecular flexibility index (Phi) is 9.05. The van der Waals surface area contributed by atoms with E-state index in [0.717, 1.165) is 42.8 Å². The molecule has 2 aromatic carbocycles. The number of ether oxygens (including phenoxy) is 2. The van der Waals surface area contributed by atoms with E-state index in [1.54, 1.807) is 20.3 Å². The molecule has 1 fully saturated rings. The van der Waals surface area contributed by atoms with Crippen LogP contribution in [-0.2, 0) is 17.8 Å². The van der Waals surface area contributed by atoms with Gasteiger partial charge in [0.15, 0.2) is 5.69 Å². The van der Waals surface area contributed by atoms with E-state index in [2.05, 4.69) is 24.3 Å². The lowest BCUT2D eigenvalue weighted by Crippen LogP contribution is -2.48. The van der Waals surface area contributed by atoms with Crippen LogP contribution in [0.4, 0.5) is 0 Å². The predicted octanol–water partition coefficient (Wildman–Crippen LogP) is 4.58. The lowest BCUT2D eigenvalue weighted by Gasteiger charge is -2.24. The Hall–Kier alpha value is -3.81. The number of rotatable bonds is 11. The van der Waals surface area contributed by atoms with E-state index in [9.17, 15) is 9.59 Å². The first-order chi connectivity index (χ1) is 18.4. The van der Waals surface area contributed by atoms with Gasteiger partial charge < -0.3 is 19.7 Å². The number of nitrogens with zero attached hydrogens (tertiary/aromatic N) is 3. The van der Waals surface area contributed by atoms with E-state index in [1.807, 2.05) is 58.1 Å². The zero-order valence-corrected chi connectivity index (χ0v) is 22.8. The first-order valence-electron chi connectivity index (χ1n) is 13.3. The van der Waals surface area contributed by atoms with Crippen LogP contribution in [-0.4, -0.2) is 59.8 Å². The molecule has 38 heavy (non-hydrogen) atoms. The summed E-state index contributed by atoms with van der Waals surface area (Å²) in [6, 6.07) is 16.7. The van der Waals surface area contributed by atoms with Crippen LogP contribution >= 0.6 is 0 Å². The molecule has 8 nitrogen and oxygen atoms in total. The zero-order chi connectivity index (χ0) is 27.1. The van der Waals surface area contributed by atoms with Gasteiger partial charge in [0.1, 0.15) is 17.5 Å². The molecule has 1 atom stereocenters. The third-order valence-electron chi connectivity index (χ3n) is 6.82. The van der Waals surface area contributed by atoms with Gasteiger partial charge in [-0.05, 0) is 55.4 Å². The van der Waals surface area contributed by atoms with Gasteiger partial charge in [0.25, 0.3) is 5.91 Å². The smallest absolute Gasteiger partial charge is 0.272 e. The van der Waals surface area contributed by atoms with Crippen LogP contribution in [0.15, 0.2) is 54.6 Å². The highest BCUT2D eigenvalue weighted by Crippen LogP contribution is 2.38. The molecule has 1 saturated heterocycles. The van der Waals surface area contributed by atoms with Gasteiger partial charge in [0.2, 0.25) is 5.91 Å². The van der Waals surface area contributed by atoms with Crippen molar-refractivity contribution in [2.24, 2.45) is 5.92 Å². The molecule has 1 aromatic heterocycles. The van der Waals surface area contributed by atoms with Crippen LogP contribution in [0.1, 0.15) is 49.2 Å². The van der Waals surface area contributed by atoms with Gasteiger partial charge in [-0.25, -0.2) is 0 Å². The van der Waals surface area contributed by atoms with Crippen molar-refractivity contribution in [2.45, 2.75) is 52.1 Å². The molecule has 8 heteroatoms. The molecule has 0 radical (unpaired) electrons. The molecular weight excluding hydrogens is 480 g/mol. The number of aromatic nitrogens is 2. The van der Waals surface area contributed by atoms with Gasteiger partial charge in [-0.15, -0.1) is 0 Å². The van der Waals surface area contributed by atoms with Crippen LogP contribution < -0.4 is 14.8 Å². The van der Waals surface area contributed by atoms with Gasteiger partial charge in [0.05, 0.1) is 25.5 Å². The van der Waals surface area contributed by atoms with Crippen molar-refractivity contribution in [1.82, 2.24) is 20.0 Å². The Labute approximate surface area is 224 Å². The SMILES string of the molecule is COc1cccc(OC)c1-c1cc(C(=O)NC(CCc2ccccc2)C(=O)N2CCCC2)nn1CC(C)C. The molecule has 4 rings (SSSR count). The lowest BCUT2D eigenvalue weighted by molar-refractivity contribution is -0.132. The fourth-order valence-electron chi connectivity index (χ4n) is 4.92. The second kappa shape index (κ2) is 12.6. The fraction of sp³-hybridized carbons (Fsp3) is 0.433. The number of aryl methyl sites for hydroxylation is 1. The van der Waals surface area contributed by atoms with Crippen LogP contribution in [0.3, 0.4) is 0 Å². The largest absolute Gasteiger partial charge is 0.496 e. The van der Waals surface area contributed by atoms with Crippen molar-refractivity contribution in [2.75, 3.05) is 27.3 Å². The van der Waals surface area contributed by atoms with Crippen molar-refractivity contribution in [1.29, 1.82) is 0 Å². The first kappa shape index (κ1) is 27.2. The minimum atomic E-state index is -0.625. The van der Waals surface area contributed by atoms with Crippen molar-refractivity contribution < 1.29 is 19.1 Å². The minimum absolute atomic E-state index is 0.0278. The van der Waals surface area contributed by atoms with Gasteiger partial charge in [0, 0.05) is 19.6 Å². The molecule has 2 heterocycles. The van der Waals surface area contributed by atoms with Crippen molar-refractivity contribution in [3.63, 3.8) is 0 Å². The van der Waals surface area contributed by atoms with Crippen molar-refractivity contribution >= 4 is 11.8 Å². The Balaban J connectivity index is 1.63. The summed E-state index contributed by atoms with van der Waals surface area (Å²) >= 11 is 0. The summed E-state index contributed by atoms with van der Waals surface area (Å²) in [6.45, 7) is 6.26. The molecule has 1 unspecified atom stereocenters. The Morgan fingerprint density at radius 2 is 1.63 bits per heavy atom. The number of benzene rings is 2. The quantitative estimate of drug-likeness (QED) is 0.402. The number of carbonyl (C=O) groups excluding carboxylic acids is 2. The molecule has 1 aliphatic rings.